The number of methoxy groups -OCH3 is 1. The van der Waals surface area contributed by atoms with E-state index in [2.05, 4.69) is 12.8 Å². The van der Waals surface area contributed by atoms with Crippen LogP contribution < -0.4 is 4.74 Å². The van der Waals surface area contributed by atoms with Crippen molar-refractivity contribution in [2.24, 2.45) is 0 Å². The Labute approximate surface area is 137 Å². The molecule has 0 unspecified atom stereocenters. The topological polar surface area (TPSA) is 9.23 Å². The number of benzene rings is 2. The summed E-state index contributed by atoms with van der Waals surface area (Å²) < 4.78 is 4.97. The summed E-state index contributed by atoms with van der Waals surface area (Å²) in [6.07, 6.45) is 5.15. The molecular formula is C21H30O. The van der Waals surface area contributed by atoms with Crippen LogP contribution in [0, 0.1) is 26.2 Å². The van der Waals surface area contributed by atoms with Crippen molar-refractivity contribution in [1.82, 2.24) is 0 Å². The third-order valence-corrected chi connectivity index (χ3v) is 2.47. The summed E-state index contributed by atoms with van der Waals surface area (Å²) in [6, 6.07) is 15.9. The van der Waals surface area contributed by atoms with Crippen LogP contribution in [-0.4, -0.2) is 7.11 Å². The van der Waals surface area contributed by atoms with Gasteiger partial charge in [0.2, 0.25) is 0 Å². The molecule has 0 bridgehead atoms. The third kappa shape index (κ3) is 10.6. The van der Waals surface area contributed by atoms with E-state index in [-0.39, 0.29) is 0 Å². The molecule has 2 aromatic carbocycles. The molecule has 0 aliphatic heterocycles. The lowest BCUT2D eigenvalue weighted by atomic mass is 10.2. The highest BCUT2D eigenvalue weighted by Crippen LogP contribution is 2.09. The van der Waals surface area contributed by atoms with Gasteiger partial charge in [-0.1, -0.05) is 69.0 Å². The number of terminal acetylenes is 1. The lowest BCUT2D eigenvalue weighted by molar-refractivity contribution is 0.414. The van der Waals surface area contributed by atoms with Gasteiger partial charge in [0.05, 0.1) is 7.11 Å². The molecule has 0 radical (unpaired) electrons. The summed E-state index contributed by atoms with van der Waals surface area (Å²) in [5.74, 6) is 3.47. The van der Waals surface area contributed by atoms with E-state index in [1.54, 1.807) is 7.11 Å². The molecule has 1 nitrogen and oxygen atoms in total. The van der Waals surface area contributed by atoms with Crippen molar-refractivity contribution in [3.05, 3.63) is 65.2 Å². The average Bonchev–Trinajstić information content (AvgIpc) is 2.60. The van der Waals surface area contributed by atoms with E-state index < -0.39 is 0 Å². The highest BCUT2D eigenvalue weighted by Gasteiger charge is 1.85. The van der Waals surface area contributed by atoms with Crippen molar-refractivity contribution in [3.8, 4) is 18.1 Å². The maximum absolute atomic E-state index is 5.15. The van der Waals surface area contributed by atoms with E-state index in [0.29, 0.717) is 0 Å². The Balaban J connectivity index is 0. The molecule has 0 saturated heterocycles. The van der Waals surface area contributed by atoms with Crippen molar-refractivity contribution in [2.75, 3.05) is 7.11 Å². The number of hydrogen-bond donors (Lipinski definition) is 0. The van der Waals surface area contributed by atoms with Gasteiger partial charge in [0.25, 0.3) is 0 Å². The minimum atomic E-state index is 0.917. The molecule has 0 N–H and O–H groups in total. The number of aryl methyl sites for hydroxylation is 2. The first-order valence-corrected chi connectivity index (χ1v) is 7.79. The Kier molecular flexibility index (Phi) is 15.3. The van der Waals surface area contributed by atoms with Crippen LogP contribution in [0.5, 0.6) is 5.75 Å². The normalized spacial score (nSPS) is 7.73. The van der Waals surface area contributed by atoms with Crippen molar-refractivity contribution in [2.45, 2.75) is 41.5 Å². The van der Waals surface area contributed by atoms with Gasteiger partial charge in [-0.15, -0.1) is 6.42 Å². The largest absolute Gasteiger partial charge is 0.497 e. The molecule has 0 heterocycles. The molecule has 0 aromatic heterocycles. The average molecular weight is 298 g/mol. The summed E-state index contributed by atoms with van der Waals surface area (Å²) in [7, 11) is 1.67. The molecule has 120 valence electrons. The van der Waals surface area contributed by atoms with Crippen LogP contribution in [0.2, 0.25) is 0 Å². The van der Waals surface area contributed by atoms with Crippen LogP contribution in [-0.2, 0) is 0 Å². The van der Waals surface area contributed by atoms with Crippen LogP contribution in [0.15, 0.2) is 48.5 Å². The Bertz CT molecular complexity index is 501. The predicted octanol–water partition coefficient (Wildman–Crippen LogP) is 6.03. The van der Waals surface area contributed by atoms with Crippen molar-refractivity contribution < 1.29 is 4.74 Å². The van der Waals surface area contributed by atoms with Crippen LogP contribution >= 0.6 is 0 Å². The van der Waals surface area contributed by atoms with E-state index in [1.807, 2.05) is 83.1 Å². The van der Waals surface area contributed by atoms with Crippen LogP contribution in [0.25, 0.3) is 0 Å². The predicted molar refractivity (Wildman–Crippen MR) is 99.5 cm³/mol. The first-order chi connectivity index (χ1) is 10.7. The summed E-state index contributed by atoms with van der Waals surface area (Å²) >= 11 is 0. The van der Waals surface area contributed by atoms with E-state index in [4.69, 9.17) is 11.2 Å². The van der Waals surface area contributed by atoms with Gasteiger partial charge in [0.1, 0.15) is 5.75 Å². The van der Waals surface area contributed by atoms with Crippen LogP contribution in [0.3, 0.4) is 0 Å². The Morgan fingerprint density at radius 1 is 0.727 bits per heavy atom. The van der Waals surface area contributed by atoms with Crippen LogP contribution in [0.1, 0.15) is 44.4 Å². The SMILES string of the molecule is C#Cc1ccc(C)cc1.CC.CC.COc1ccc(C)cc1. The Morgan fingerprint density at radius 3 is 1.41 bits per heavy atom. The van der Waals surface area contributed by atoms with E-state index in [0.717, 1.165) is 11.3 Å². The molecule has 0 aliphatic carbocycles. The second-order valence-electron chi connectivity index (χ2n) is 4.03. The quantitative estimate of drug-likeness (QED) is 0.584. The third-order valence-electron chi connectivity index (χ3n) is 2.47. The first-order valence-electron chi connectivity index (χ1n) is 7.79. The number of hydrogen-bond acceptors (Lipinski definition) is 1. The van der Waals surface area contributed by atoms with Gasteiger partial charge in [-0.3, -0.25) is 0 Å². The maximum atomic E-state index is 5.15. The summed E-state index contributed by atoms with van der Waals surface area (Å²) in [5.41, 5.74) is 3.45. The molecule has 2 rings (SSSR count). The fourth-order valence-electron chi connectivity index (χ4n) is 1.32. The number of rotatable bonds is 1. The van der Waals surface area contributed by atoms with Gasteiger partial charge in [0, 0.05) is 5.56 Å². The molecule has 0 fully saturated rings. The molecule has 2 aromatic rings. The number of ether oxygens (including phenoxy) is 1. The first kappa shape index (κ1) is 22.1. The summed E-state index contributed by atoms with van der Waals surface area (Å²) in [5, 5.41) is 0. The lowest BCUT2D eigenvalue weighted by Gasteiger charge is -1.97. The summed E-state index contributed by atoms with van der Waals surface area (Å²) in [6.45, 7) is 12.1. The molecule has 1 heteroatoms. The second-order valence-corrected chi connectivity index (χ2v) is 4.03. The maximum Gasteiger partial charge on any atom is 0.118 e. The Hall–Kier alpha value is -2.20. The van der Waals surface area contributed by atoms with Gasteiger partial charge in [0.15, 0.2) is 0 Å². The van der Waals surface area contributed by atoms with E-state index >= 15 is 0 Å². The van der Waals surface area contributed by atoms with Crippen molar-refractivity contribution in [3.63, 3.8) is 0 Å². The zero-order valence-electron chi connectivity index (χ0n) is 15.1. The standard InChI is InChI=1S/C9H8.C8H10O.2C2H6/c1-3-9-6-4-8(2)5-7-9;1-7-3-5-8(9-2)6-4-7;2*1-2/h1,4-7H,2H3;3-6H,1-2H3;2*1-2H3. The van der Waals surface area contributed by atoms with Crippen LogP contribution in [0.4, 0.5) is 0 Å². The molecule has 22 heavy (non-hydrogen) atoms. The molecular weight excluding hydrogens is 268 g/mol. The second kappa shape index (κ2) is 15.2. The van der Waals surface area contributed by atoms with Crippen molar-refractivity contribution >= 4 is 0 Å². The molecule has 0 aliphatic rings. The zero-order valence-corrected chi connectivity index (χ0v) is 15.1. The lowest BCUT2D eigenvalue weighted by Crippen LogP contribution is -1.80. The van der Waals surface area contributed by atoms with E-state index in [9.17, 15) is 0 Å². The van der Waals surface area contributed by atoms with Crippen molar-refractivity contribution in [1.29, 1.82) is 0 Å². The zero-order chi connectivity index (χ0) is 17.4. The summed E-state index contributed by atoms with van der Waals surface area (Å²) in [4.78, 5) is 0. The fraction of sp³-hybridized carbons (Fsp3) is 0.333. The van der Waals surface area contributed by atoms with Gasteiger partial charge < -0.3 is 4.74 Å². The smallest absolute Gasteiger partial charge is 0.118 e. The van der Waals surface area contributed by atoms with Gasteiger partial charge in [-0.05, 0) is 38.1 Å². The minimum absolute atomic E-state index is 0.917. The van der Waals surface area contributed by atoms with Gasteiger partial charge in [-0.25, -0.2) is 0 Å². The minimum Gasteiger partial charge on any atom is -0.497 e. The Morgan fingerprint density at radius 2 is 1.09 bits per heavy atom. The van der Waals surface area contributed by atoms with Gasteiger partial charge in [-0.2, -0.15) is 0 Å². The molecule has 0 spiro atoms. The highest BCUT2D eigenvalue weighted by molar-refractivity contribution is 5.33. The fourth-order valence-corrected chi connectivity index (χ4v) is 1.32. The van der Waals surface area contributed by atoms with E-state index in [1.165, 1.54) is 11.1 Å². The van der Waals surface area contributed by atoms with Gasteiger partial charge >= 0.3 is 0 Å². The monoisotopic (exact) mass is 298 g/mol. The molecule has 0 amide bonds. The molecule has 0 atom stereocenters. The highest BCUT2D eigenvalue weighted by atomic mass is 16.5. The molecule has 0 saturated carbocycles.